The number of aromatic nitrogens is 3. The van der Waals surface area contributed by atoms with Gasteiger partial charge in [0, 0.05) is 38.3 Å². The number of ether oxygens (including phenoxy) is 1. The number of hydrogen-bond donors (Lipinski definition) is 1. The van der Waals surface area contributed by atoms with Crippen molar-refractivity contribution >= 4 is 5.69 Å². The van der Waals surface area contributed by atoms with Gasteiger partial charge in [0.05, 0.1) is 19.3 Å². The molecule has 0 amide bonds. The van der Waals surface area contributed by atoms with Gasteiger partial charge in [-0.15, -0.1) is 10.2 Å². The number of anilines is 1. The van der Waals surface area contributed by atoms with Crippen LogP contribution in [0.5, 0.6) is 0 Å². The lowest BCUT2D eigenvalue weighted by Crippen LogP contribution is -2.36. The highest BCUT2D eigenvalue weighted by atomic mass is 16.5. The van der Waals surface area contributed by atoms with Crippen LogP contribution in [-0.4, -0.2) is 41.1 Å². The summed E-state index contributed by atoms with van der Waals surface area (Å²) in [6, 6.07) is 9.06. The molecule has 0 saturated carbocycles. The zero-order valence-electron chi connectivity index (χ0n) is 14.9. The summed E-state index contributed by atoms with van der Waals surface area (Å²) < 4.78 is 7.71. The first-order valence-electron chi connectivity index (χ1n) is 9.38. The van der Waals surface area contributed by atoms with Crippen molar-refractivity contribution in [3.8, 4) is 0 Å². The smallest absolute Gasteiger partial charge is 0.149 e. The van der Waals surface area contributed by atoms with E-state index in [4.69, 9.17) is 4.74 Å². The fraction of sp³-hybridized carbons (Fsp3) is 0.579. The molecule has 4 rings (SSSR count). The van der Waals surface area contributed by atoms with Gasteiger partial charge in [-0.05, 0) is 37.5 Å². The average Bonchev–Trinajstić information content (AvgIpc) is 3.11. The van der Waals surface area contributed by atoms with E-state index in [1.807, 2.05) is 0 Å². The molecule has 134 valence electrons. The topological polar surface area (TPSA) is 55.2 Å². The maximum Gasteiger partial charge on any atom is 0.149 e. The third-order valence-corrected chi connectivity index (χ3v) is 5.20. The number of aryl methyl sites for hydroxylation is 1. The largest absolute Gasteiger partial charge is 0.378 e. The molecule has 1 atom stereocenters. The van der Waals surface area contributed by atoms with Crippen molar-refractivity contribution in [3.05, 3.63) is 41.5 Å². The van der Waals surface area contributed by atoms with Crippen molar-refractivity contribution in [1.29, 1.82) is 0 Å². The number of nitrogens with one attached hydrogen (secondary N) is 1. The molecule has 0 radical (unpaired) electrons. The number of fused-ring (bicyclic) bond motifs is 1. The molecule has 1 N–H and O–H groups in total. The van der Waals surface area contributed by atoms with E-state index in [9.17, 15) is 0 Å². The fourth-order valence-electron chi connectivity index (χ4n) is 3.66. The molecule has 1 fully saturated rings. The summed E-state index contributed by atoms with van der Waals surface area (Å²) >= 11 is 0. The van der Waals surface area contributed by atoms with Crippen LogP contribution >= 0.6 is 0 Å². The van der Waals surface area contributed by atoms with E-state index in [-0.39, 0.29) is 6.04 Å². The summed E-state index contributed by atoms with van der Waals surface area (Å²) in [6.45, 7) is 7.67. The normalized spacial score (nSPS) is 18.8. The van der Waals surface area contributed by atoms with Gasteiger partial charge in [0.1, 0.15) is 11.6 Å². The van der Waals surface area contributed by atoms with Crippen LogP contribution in [0.3, 0.4) is 0 Å². The summed E-state index contributed by atoms with van der Waals surface area (Å²) in [5.74, 6) is 2.21. The third kappa shape index (κ3) is 3.70. The van der Waals surface area contributed by atoms with E-state index in [0.29, 0.717) is 0 Å². The lowest BCUT2D eigenvalue weighted by atomic mass is 10.1. The Hall–Kier alpha value is -1.92. The SMILES string of the molecule is C[C@@H](NCc1ccc(N2CCOCC2)cc1)c1nnc2n1CCCC2. The zero-order chi connectivity index (χ0) is 17.1. The molecule has 2 aliphatic heterocycles. The molecule has 0 bridgehead atoms. The Morgan fingerprint density at radius 3 is 2.68 bits per heavy atom. The number of nitrogens with zero attached hydrogens (tertiary/aromatic N) is 4. The van der Waals surface area contributed by atoms with Gasteiger partial charge in [-0.2, -0.15) is 0 Å². The van der Waals surface area contributed by atoms with Crippen LogP contribution in [0.2, 0.25) is 0 Å². The van der Waals surface area contributed by atoms with Gasteiger partial charge in [-0.3, -0.25) is 0 Å². The second-order valence-electron chi connectivity index (χ2n) is 6.95. The first-order chi connectivity index (χ1) is 12.3. The zero-order valence-corrected chi connectivity index (χ0v) is 14.9. The average molecular weight is 341 g/mol. The Morgan fingerprint density at radius 1 is 1.08 bits per heavy atom. The molecule has 6 heteroatoms. The molecular formula is C19H27N5O. The Morgan fingerprint density at radius 2 is 1.88 bits per heavy atom. The summed E-state index contributed by atoms with van der Waals surface area (Å²) in [4.78, 5) is 2.38. The molecule has 1 saturated heterocycles. The van der Waals surface area contributed by atoms with Crippen molar-refractivity contribution in [2.75, 3.05) is 31.2 Å². The molecule has 0 unspecified atom stereocenters. The van der Waals surface area contributed by atoms with E-state index < -0.39 is 0 Å². The monoisotopic (exact) mass is 341 g/mol. The van der Waals surface area contributed by atoms with Crippen molar-refractivity contribution in [3.63, 3.8) is 0 Å². The van der Waals surface area contributed by atoms with Gasteiger partial charge in [0.25, 0.3) is 0 Å². The van der Waals surface area contributed by atoms with Gasteiger partial charge in [0.2, 0.25) is 0 Å². The van der Waals surface area contributed by atoms with Crippen LogP contribution in [0.15, 0.2) is 24.3 Å². The Kier molecular flexibility index (Phi) is 4.99. The van der Waals surface area contributed by atoms with Crippen LogP contribution in [0.1, 0.15) is 43.0 Å². The Bertz CT molecular complexity index is 690. The van der Waals surface area contributed by atoms with E-state index >= 15 is 0 Å². The van der Waals surface area contributed by atoms with Crippen molar-refractivity contribution in [2.45, 2.75) is 45.3 Å². The van der Waals surface area contributed by atoms with Gasteiger partial charge >= 0.3 is 0 Å². The first kappa shape index (κ1) is 16.5. The number of hydrogen-bond acceptors (Lipinski definition) is 5. The summed E-state index contributed by atoms with van der Waals surface area (Å²) in [7, 11) is 0. The quantitative estimate of drug-likeness (QED) is 0.904. The minimum absolute atomic E-state index is 0.207. The second-order valence-corrected chi connectivity index (χ2v) is 6.95. The predicted octanol–water partition coefficient (Wildman–Crippen LogP) is 2.30. The van der Waals surface area contributed by atoms with Crippen LogP contribution in [-0.2, 0) is 24.2 Å². The molecule has 6 nitrogen and oxygen atoms in total. The van der Waals surface area contributed by atoms with E-state index in [2.05, 4.69) is 56.2 Å². The summed E-state index contributed by atoms with van der Waals surface area (Å²) in [5.41, 5.74) is 2.58. The molecule has 0 spiro atoms. The Labute approximate surface area is 149 Å². The van der Waals surface area contributed by atoms with Gasteiger partial charge in [-0.25, -0.2) is 0 Å². The third-order valence-electron chi connectivity index (χ3n) is 5.20. The van der Waals surface area contributed by atoms with Crippen molar-refractivity contribution in [2.24, 2.45) is 0 Å². The molecule has 1 aromatic carbocycles. The van der Waals surface area contributed by atoms with Crippen LogP contribution in [0.25, 0.3) is 0 Å². The standard InChI is InChI=1S/C19H27N5O/c1-15(19-22-21-18-4-2-3-9-24(18)19)20-14-16-5-7-17(8-6-16)23-10-12-25-13-11-23/h5-8,15,20H,2-4,9-14H2,1H3/t15-/m1/s1. The van der Waals surface area contributed by atoms with Gasteiger partial charge < -0.3 is 19.5 Å². The molecule has 2 aliphatic rings. The van der Waals surface area contributed by atoms with Gasteiger partial charge in [0.15, 0.2) is 0 Å². The molecule has 2 aromatic rings. The van der Waals surface area contributed by atoms with Crippen LogP contribution < -0.4 is 10.2 Å². The molecular weight excluding hydrogens is 314 g/mol. The van der Waals surface area contributed by atoms with Crippen LogP contribution in [0, 0.1) is 0 Å². The summed E-state index contributed by atoms with van der Waals surface area (Å²) in [5, 5.41) is 12.4. The molecule has 0 aliphatic carbocycles. The summed E-state index contributed by atoms with van der Waals surface area (Å²) in [6.07, 6.45) is 3.52. The second kappa shape index (κ2) is 7.54. The number of morpholine rings is 1. The number of rotatable bonds is 5. The lowest BCUT2D eigenvalue weighted by Gasteiger charge is -2.29. The van der Waals surface area contributed by atoms with E-state index in [1.165, 1.54) is 24.1 Å². The van der Waals surface area contributed by atoms with Crippen molar-refractivity contribution in [1.82, 2.24) is 20.1 Å². The van der Waals surface area contributed by atoms with E-state index in [0.717, 1.165) is 57.5 Å². The molecule has 1 aromatic heterocycles. The highest BCUT2D eigenvalue weighted by Gasteiger charge is 2.19. The first-order valence-corrected chi connectivity index (χ1v) is 9.38. The number of benzene rings is 1. The maximum atomic E-state index is 5.42. The molecule has 25 heavy (non-hydrogen) atoms. The highest BCUT2D eigenvalue weighted by molar-refractivity contribution is 5.47. The van der Waals surface area contributed by atoms with Gasteiger partial charge in [-0.1, -0.05) is 12.1 Å². The van der Waals surface area contributed by atoms with Crippen molar-refractivity contribution < 1.29 is 4.74 Å². The highest BCUT2D eigenvalue weighted by Crippen LogP contribution is 2.20. The predicted molar refractivity (Wildman–Crippen MR) is 97.7 cm³/mol. The van der Waals surface area contributed by atoms with E-state index in [1.54, 1.807) is 0 Å². The maximum absolute atomic E-state index is 5.42. The fourth-order valence-corrected chi connectivity index (χ4v) is 3.66. The lowest BCUT2D eigenvalue weighted by molar-refractivity contribution is 0.122. The van der Waals surface area contributed by atoms with Crippen LogP contribution in [0.4, 0.5) is 5.69 Å². The minimum atomic E-state index is 0.207. The Balaban J connectivity index is 1.35. The minimum Gasteiger partial charge on any atom is -0.378 e. The molecule has 3 heterocycles.